The van der Waals surface area contributed by atoms with Crippen LogP contribution in [0.25, 0.3) is 0 Å². The molecule has 0 aliphatic carbocycles. The van der Waals surface area contributed by atoms with Crippen LogP contribution >= 0.6 is 0 Å². The van der Waals surface area contributed by atoms with Gasteiger partial charge >= 0.3 is 0 Å². The molecule has 1 heterocycles. The Bertz CT molecular complexity index is 896. The van der Waals surface area contributed by atoms with Gasteiger partial charge in [0.2, 0.25) is 11.8 Å². The van der Waals surface area contributed by atoms with Crippen molar-refractivity contribution in [1.29, 1.82) is 5.26 Å². The van der Waals surface area contributed by atoms with Crippen molar-refractivity contribution in [3.63, 3.8) is 0 Å². The molecule has 3 N–H and O–H groups in total. The number of nitrogens with zero attached hydrogens (tertiary/aromatic N) is 1. The lowest BCUT2D eigenvalue weighted by Gasteiger charge is -2.22. The predicted octanol–water partition coefficient (Wildman–Crippen LogP) is 3.85. The van der Waals surface area contributed by atoms with E-state index in [4.69, 9.17) is 5.26 Å². The van der Waals surface area contributed by atoms with E-state index >= 15 is 0 Å². The van der Waals surface area contributed by atoms with Gasteiger partial charge in [-0.15, -0.1) is 0 Å². The number of anilines is 2. The van der Waals surface area contributed by atoms with Gasteiger partial charge in [0.05, 0.1) is 11.6 Å². The van der Waals surface area contributed by atoms with Crippen molar-refractivity contribution in [2.75, 3.05) is 23.7 Å². The van der Waals surface area contributed by atoms with Gasteiger partial charge in [0, 0.05) is 24.2 Å². The maximum atomic E-state index is 12.3. The summed E-state index contributed by atoms with van der Waals surface area (Å²) in [6, 6.07) is 16.5. The first-order valence-corrected chi connectivity index (χ1v) is 10.5. The lowest BCUT2D eigenvalue weighted by Crippen LogP contribution is -2.30. The molecule has 0 spiro atoms. The number of hydrogen-bond donors (Lipinski definition) is 3. The molecule has 1 atom stereocenters. The van der Waals surface area contributed by atoms with Crippen LogP contribution in [0.15, 0.2) is 48.5 Å². The molecule has 2 aromatic carbocycles. The third-order valence-corrected chi connectivity index (χ3v) is 5.33. The predicted molar refractivity (Wildman–Crippen MR) is 118 cm³/mol. The van der Waals surface area contributed by atoms with Gasteiger partial charge in [-0.3, -0.25) is 9.59 Å². The zero-order valence-corrected chi connectivity index (χ0v) is 17.1. The molecule has 1 fully saturated rings. The van der Waals surface area contributed by atoms with Crippen LogP contribution in [-0.2, 0) is 16.0 Å². The molecule has 0 radical (unpaired) electrons. The van der Waals surface area contributed by atoms with Crippen LogP contribution < -0.4 is 16.0 Å². The number of nitrogens with one attached hydrogen (secondary N) is 3. The van der Waals surface area contributed by atoms with Gasteiger partial charge in [0.25, 0.3) is 0 Å². The van der Waals surface area contributed by atoms with Gasteiger partial charge in [-0.25, -0.2) is 0 Å². The molecular formula is C24H28N4O2. The Morgan fingerprint density at radius 1 is 1.03 bits per heavy atom. The number of aryl methyl sites for hydroxylation is 1. The topological polar surface area (TPSA) is 94.0 Å². The maximum absolute atomic E-state index is 12.3. The summed E-state index contributed by atoms with van der Waals surface area (Å²) in [6.07, 6.45) is 4.75. The van der Waals surface area contributed by atoms with Gasteiger partial charge in [0.1, 0.15) is 0 Å². The summed E-state index contributed by atoms with van der Waals surface area (Å²) in [7, 11) is 0. The molecular weight excluding hydrogens is 376 g/mol. The third kappa shape index (κ3) is 7.02. The van der Waals surface area contributed by atoms with Crippen LogP contribution in [0.3, 0.4) is 0 Å². The summed E-state index contributed by atoms with van der Waals surface area (Å²) in [6.45, 7) is 2.09. The van der Waals surface area contributed by atoms with E-state index in [0.717, 1.165) is 30.8 Å². The molecule has 6 heteroatoms. The Balaban J connectivity index is 1.43. The molecule has 0 aromatic heterocycles. The van der Waals surface area contributed by atoms with E-state index in [2.05, 4.69) is 22.0 Å². The highest BCUT2D eigenvalue weighted by Crippen LogP contribution is 2.18. The monoisotopic (exact) mass is 404 g/mol. The number of hydrogen-bond acceptors (Lipinski definition) is 4. The van der Waals surface area contributed by atoms with E-state index < -0.39 is 0 Å². The SMILES string of the molecule is N#Cc1ccc(NC(=O)CCc2cccc(NC(=O)CCC3CCCNC3)c2)cc1. The molecule has 30 heavy (non-hydrogen) atoms. The second kappa shape index (κ2) is 11.1. The molecule has 2 amide bonds. The number of benzene rings is 2. The average molecular weight is 405 g/mol. The number of carbonyl (C=O) groups excluding carboxylic acids is 2. The van der Waals surface area contributed by atoms with Crippen molar-refractivity contribution < 1.29 is 9.59 Å². The number of piperidine rings is 1. The number of nitriles is 1. The Kier molecular flexibility index (Phi) is 7.99. The fourth-order valence-corrected chi connectivity index (χ4v) is 3.64. The second-order valence-corrected chi connectivity index (χ2v) is 7.74. The van der Waals surface area contributed by atoms with Crippen molar-refractivity contribution in [2.45, 2.75) is 38.5 Å². The van der Waals surface area contributed by atoms with E-state index in [1.165, 1.54) is 12.8 Å². The fraction of sp³-hybridized carbons (Fsp3) is 0.375. The summed E-state index contributed by atoms with van der Waals surface area (Å²) in [5.74, 6) is 0.539. The van der Waals surface area contributed by atoms with Gasteiger partial charge in [-0.1, -0.05) is 12.1 Å². The zero-order valence-electron chi connectivity index (χ0n) is 17.1. The third-order valence-electron chi connectivity index (χ3n) is 5.33. The Morgan fingerprint density at radius 2 is 1.80 bits per heavy atom. The largest absolute Gasteiger partial charge is 0.326 e. The highest BCUT2D eigenvalue weighted by molar-refractivity contribution is 5.91. The smallest absolute Gasteiger partial charge is 0.224 e. The van der Waals surface area contributed by atoms with Crippen LogP contribution in [0.4, 0.5) is 11.4 Å². The first-order chi connectivity index (χ1) is 14.6. The van der Waals surface area contributed by atoms with Crippen LogP contribution in [0.1, 0.15) is 43.2 Å². The zero-order chi connectivity index (χ0) is 21.2. The minimum atomic E-state index is -0.0877. The van der Waals surface area contributed by atoms with Crippen LogP contribution in [0.5, 0.6) is 0 Å². The summed E-state index contributed by atoms with van der Waals surface area (Å²) in [4.78, 5) is 24.5. The summed E-state index contributed by atoms with van der Waals surface area (Å²) >= 11 is 0. The van der Waals surface area contributed by atoms with Gasteiger partial charge in [0.15, 0.2) is 0 Å². The minimum absolute atomic E-state index is 0.0382. The van der Waals surface area contributed by atoms with Gasteiger partial charge in [-0.2, -0.15) is 5.26 Å². The average Bonchev–Trinajstić information content (AvgIpc) is 2.78. The molecule has 0 saturated carbocycles. The van der Waals surface area contributed by atoms with Crippen LogP contribution in [-0.4, -0.2) is 24.9 Å². The first-order valence-electron chi connectivity index (χ1n) is 10.5. The first kappa shape index (κ1) is 21.5. The Hall–Kier alpha value is -3.17. The number of carbonyl (C=O) groups is 2. The minimum Gasteiger partial charge on any atom is -0.326 e. The lowest BCUT2D eigenvalue weighted by molar-refractivity contribution is -0.117. The van der Waals surface area contributed by atoms with Gasteiger partial charge in [-0.05, 0) is 86.7 Å². The lowest BCUT2D eigenvalue weighted by atomic mass is 9.94. The molecule has 1 saturated heterocycles. The van der Waals surface area contributed by atoms with Gasteiger partial charge < -0.3 is 16.0 Å². The standard InChI is InChI=1S/C24H28N4O2/c25-16-19-6-10-21(11-7-19)27-23(29)12-8-18-3-1-5-22(15-18)28-24(30)13-9-20-4-2-14-26-17-20/h1,3,5-7,10-11,15,20,26H,2,4,8-9,12-14,17H2,(H,27,29)(H,28,30). The van der Waals surface area contributed by atoms with E-state index in [9.17, 15) is 9.59 Å². The van der Waals surface area contributed by atoms with Crippen LogP contribution in [0, 0.1) is 17.2 Å². The van der Waals surface area contributed by atoms with Crippen molar-refractivity contribution in [3.05, 3.63) is 59.7 Å². The fourth-order valence-electron chi connectivity index (χ4n) is 3.64. The molecule has 1 unspecified atom stereocenters. The quantitative estimate of drug-likeness (QED) is 0.623. The van der Waals surface area contributed by atoms with E-state index in [1.807, 2.05) is 24.3 Å². The Morgan fingerprint density at radius 3 is 2.53 bits per heavy atom. The molecule has 0 bridgehead atoms. The summed E-state index contributed by atoms with van der Waals surface area (Å²) < 4.78 is 0. The Labute approximate surface area is 177 Å². The highest BCUT2D eigenvalue weighted by Gasteiger charge is 2.14. The summed E-state index contributed by atoms with van der Waals surface area (Å²) in [5, 5.41) is 18.0. The van der Waals surface area contributed by atoms with Crippen LogP contribution in [0.2, 0.25) is 0 Å². The molecule has 156 valence electrons. The van der Waals surface area contributed by atoms with E-state index in [-0.39, 0.29) is 11.8 Å². The molecule has 6 nitrogen and oxygen atoms in total. The van der Waals surface area contributed by atoms with Crippen molar-refractivity contribution in [3.8, 4) is 6.07 Å². The van der Waals surface area contributed by atoms with Crippen molar-refractivity contribution in [2.24, 2.45) is 5.92 Å². The highest BCUT2D eigenvalue weighted by atomic mass is 16.2. The number of rotatable bonds is 8. The molecule has 1 aliphatic rings. The molecule has 3 rings (SSSR count). The molecule has 1 aliphatic heterocycles. The number of amides is 2. The molecule has 2 aromatic rings. The summed E-state index contributed by atoms with van der Waals surface area (Å²) in [5.41, 5.74) is 3.00. The van der Waals surface area contributed by atoms with Crippen molar-refractivity contribution >= 4 is 23.2 Å². The normalized spacial score (nSPS) is 15.8. The van der Waals surface area contributed by atoms with Crippen molar-refractivity contribution in [1.82, 2.24) is 5.32 Å². The van der Waals surface area contributed by atoms with E-state index in [0.29, 0.717) is 36.4 Å². The van der Waals surface area contributed by atoms with E-state index in [1.54, 1.807) is 24.3 Å². The second-order valence-electron chi connectivity index (χ2n) is 7.74. The maximum Gasteiger partial charge on any atom is 0.224 e.